The van der Waals surface area contributed by atoms with Gasteiger partial charge in [0.05, 0.1) is 17.3 Å². The van der Waals surface area contributed by atoms with Crippen LogP contribution in [0.4, 0.5) is 11.4 Å². The summed E-state index contributed by atoms with van der Waals surface area (Å²) in [5.41, 5.74) is 1.35. The molecule has 0 atom stereocenters. The van der Waals surface area contributed by atoms with Gasteiger partial charge in [0.25, 0.3) is 0 Å². The van der Waals surface area contributed by atoms with E-state index in [9.17, 15) is 4.79 Å². The minimum atomic E-state index is -0.172. The fourth-order valence-corrected chi connectivity index (χ4v) is 2.77. The Hall–Kier alpha value is -1.92. The Kier molecular flexibility index (Phi) is 4.93. The number of fused-ring (bicyclic) bond motifs is 1. The van der Waals surface area contributed by atoms with Crippen molar-refractivity contribution in [3.63, 3.8) is 0 Å². The molecule has 23 heavy (non-hydrogen) atoms. The third-order valence-corrected chi connectivity index (χ3v) is 3.99. The maximum Gasteiger partial charge on any atom is 0.243 e. The van der Waals surface area contributed by atoms with Gasteiger partial charge in [0.2, 0.25) is 5.91 Å². The zero-order valence-corrected chi connectivity index (χ0v) is 14.4. The third-order valence-electron chi connectivity index (χ3n) is 3.18. The molecule has 2 N–H and O–H groups in total. The first-order chi connectivity index (χ1) is 11.1. The number of nitrogens with one attached hydrogen (secondary N) is 2. The van der Waals surface area contributed by atoms with E-state index in [4.69, 9.17) is 21.1 Å². The maximum atomic E-state index is 12.0. The summed E-state index contributed by atoms with van der Waals surface area (Å²) >= 11 is 9.55. The fourth-order valence-electron chi connectivity index (χ4n) is 2.15. The SMILES string of the molecule is O=C(CNc1cc2c(cc1Cl)OCCO2)Nc1cccc(Br)c1. The normalized spacial score (nSPS) is 12.6. The van der Waals surface area contributed by atoms with Crippen LogP contribution in [-0.2, 0) is 4.79 Å². The topological polar surface area (TPSA) is 59.6 Å². The lowest BCUT2D eigenvalue weighted by molar-refractivity contribution is -0.114. The van der Waals surface area contributed by atoms with Gasteiger partial charge in [-0.05, 0) is 18.2 Å². The number of amides is 1. The molecule has 0 saturated heterocycles. The molecule has 1 aliphatic heterocycles. The Morgan fingerprint density at radius 3 is 2.65 bits per heavy atom. The molecule has 0 radical (unpaired) electrons. The predicted molar refractivity (Wildman–Crippen MR) is 93.7 cm³/mol. The molecule has 0 fully saturated rings. The number of anilines is 2. The molecule has 0 aliphatic carbocycles. The number of carbonyl (C=O) groups is 1. The van der Waals surface area contributed by atoms with E-state index in [1.165, 1.54) is 0 Å². The van der Waals surface area contributed by atoms with E-state index in [1.54, 1.807) is 12.1 Å². The van der Waals surface area contributed by atoms with Gasteiger partial charge in [0.15, 0.2) is 11.5 Å². The molecule has 120 valence electrons. The van der Waals surface area contributed by atoms with Crippen molar-refractivity contribution in [2.75, 3.05) is 30.4 Å². The average Bonchev–Trinajstić information content (AvgIpc) is 2.53. The number of hydrogen-bond acceptors (Lipinski definition) is 4. The lowest BCUT2D eigenvalue weighted by Crippen LogP contribution is -2.22. The van der Waals surface area contributed by atoms with Gasteiger partial charge in [-0.25, -0.2) is 0 Å². The van der Waals surface area contributed by atoms with E-state index in [1.807, 2.05) is 24.3 Å². The predicted octanol–water partition coefficient (Wildman–Crippen LogP) is 3.92. The second-order valence-corrected chi connectivity index (χ2v) is 6.21. The fraction of sp³-hybridized carbons (Fsp3) is 0.188. The van der Waals surface area contributed by atoms with Crippen LogP contribution in [0.1, 0.15) is 0 Å². The minimum Gasteiger partial charge on any atom is -0.486 e. The number of benzene rings is 2. The smallest absolute Gasteiger partial charge is 0.243 e. The van der Waals surface area contributed by atoms with Crippen LogP contribution in [0.25, 0.3) is 0 Å². The second-order valence-electron chi connectivity index (χ2n) is 4.89. The molecule has 1 heterocycles. The van der Waals surface area contributed by atoms with Gasteiger partial charge in [-0.2, -0.15) is 0 Å². The molecular weight excluding hydrogens is 384 g/mol. The van der Waals surface area contributed by atoms with Crippen LogP contribution in [0.5, 0.6) is 11.5 Å². The zero-order valence-electron chi connectivity index (χ0n) is 12.1. The van der Waals surface area contributed by atoms with Crippen LogP contribution in [-0.4, -0.2) is 25.7 Å². The quantitative estimate of drug-likeness (QED) is 0.821. The van der Waals surface area contributed by atoms with Gasteiger partial charge < -0.3 is 20.1 Å². The summed E-state index contributed by atoms with van der Waals surface area (Å²) in [6, 6.07) is 10.8. The van der Waals surface area contributed by atoms with E-state index >= 15 is 0 Å². The Labute approximate surface area is 147 Å². The van der Waals surface area contributed by atoms with Crippen LogP contribution in [0.2, 0.25) is 5.02 Å². The maximum absolute atomic E-state index is 12.0. The van der Waals surface area contributed by atoms with Crippen molar-refractivity contribution in [1.82, 2.24) is 0 Å². The molecule has 0 aromatic heterocycles. The molecule has 5 nitrogen and oxygen atoms in total. The first-order valence-corrected chi connectivity index (χ1v) is 8.17. The first-order valence-electron chi connectivity index (χ1n) is 7.00. The molecule has 0 unspecified atom stereocenters. The molecular formula is C16H14BrClN2O3. The van der Waals surface area contributed by atoms with Crippen LogP contribution in [0, 0.1) is 0 Å². The van der Waals surface area contributed by atoms with Gasteiger partial charge in [0.1, 0.15) is 13.2 Å². The first kappa shape index (κ1) is 16.0. The molecule has 0 saturated carbocycles. The highest BCUT2D eigenvalue weighted by atomic mass is 79.9. The average molecular weight is 398 g/mol. The lowest BCUT2D eigenvalue weighted by atomic mass is 10.2. The lowest BCUT2D eigenvalue weighted by Gasteiger charge is -2.20. The van der Waals surface area contributed by atoms with Crippen molar-refractivity contribution in [3.8, 4) is 11.5 Å². The van der Waals surface area contributed by atoms with Crippen LogP contribution in [0.15, 0.2) is 40.9 Å². The van der Waals surface area contributed by atoms with Gasteiger partial charge in [-0.15, -0.1) is 0 Å². The summed E-state index contributed by atoms with van der Waals surface area (Å²) < 4.78 is 11.9. The van der Waals surface area contributed by atoms with E-state index in [-0.39, 0.29) is 12.5 Å². The molecule has 0 spiro atoms. The number of halogens is 2. The Morgan fingerprint density at radius 1 is 1.17 bits per heavy atom. The van der Waals surface area contributed by atoms with Crippen molar-refractivity contribution in [2.45, 2.75) is 0 Å². The number of carbonyl (C=O) groups excluding carboxylic acids is 1. The Balaban J connectivity index is 1.62. The van der Waals surface area contributed by atoms with Gasteiger partial charge in [-0.1, -0.05) is 33.6 Å². The molecule has 7 heteroatoms. The third kappa shape index (κ3) is 4.09. The highest BCUT2D eigenvalue weighted by Crippen LogP contribution is 2.37. The Morgan fingerprint density at radius 2 is 1.91 bits per heavy atom. The monoisotopic (exact) mass is 396 g/mol. The molecule has 1 aliphatic rings. The van der Waals surface area contributed by atoms with Crippen molar-refractivity contribution >= 4 is 44.8 Å². The van der Waals surface area contributed by atoms with Crippen LogP contribution in [0.3, 0.4) is 0 Å². The van der Waals surface area contributed by atoms with E-state index in [2.05, 4.69) is 26.6 Å². The molecule has 3 rings (SSSR count). The molecule has 0 bridgehead atoms. The number of ether oxygens (including phenoxy) is 2. The van der Waals surface area contributed by atoms with Crippen molar-refractivity contribution < 1.29 is 14.3 Å². The van der Waals surface area contributed by atoms with E-state index in [0.29, 0.717) is 35.4 Å². The highest BCUT2D eigenvalue weighted by molar-refractivity contribution is 9.10. The second kappa shape index (κ2) is 7.10. The van der Waals surface area contributed by atoms with Gasteiger partial charge in [-0.3, -0.25) is 4.79 Å². The van der Waals surface area contributed by atoms with Crippen molar-refractivity contribution in [2.24, 2.45) is 0 Å². The summed E-state index contributed by atoms with van der Waals surface area (Å²) in [7, 11) is 0. The highest BCUT2D eigenvalue weighted by Gasteiger charge is 2.15. The number of hydrogen-bond donors (Lipinski definition) is 2. The minimum absolute atomic E-state index is 0.0892. The molecule has 2 aromatic carbocycles. The molecule has 2 aromatic rings. The summed E-state index contributed by atoms with van der Waals surface area (Å²) in [6.45, 7) is 1.09. The van der Waals surface area contributed by atoms with Gasteiger partial charge in [0, 0.05) is 22.3 Å². The number of rotatable bonds is 4. The van der Waals surface area contributed by atoms with E-state index in [0.717, 1.165) is 10.2 Å². The summed E-state index contributed by atoms with van der Waals surface area (Å²) in [6.07, 6.45) is 0. The summed E-state index contributed by atoms with van der Waals surface area (Å²) in [5.74, 6) is 1.06. The standard InChI is InChI=1S/C16H14BrClN2O3/c17-10-2-1-3-11(6-10)20-16(21)9-19-13-8-15-14(7-12(13)18)22-4-5-23-15/h1-3,6-8,19H,4-5,9H2,(H,20,21). The van der Waals surface area contributed by atoms with E-state index < -0.39 is 0 Å². The summed E-state index contributed by atoms with van der Waals surface area (Å²) in [4.78, 5) is 12.0. The molecule has 1 amide bonds. The Bertz CT molecular complexity index is 739. The van der Waals surface area contributed by atoms with Gasteiger partial charge >= 0.3 is 0 Å². The van der Waals surface area contributed by atoms with Crippen LogP contribution >= 0.6 is 27.5 Å². The van der Waals surface area contributed by atoms with Crippen molar-refractivity contribution in [1.29, 1.82) is 0 Å². The van der Waals surface area contributed by atoms with Crippen molar-refractivity contribution in [3.05, 3.63) is 45.9 Å². The zero-order chi connectivity index (χ0) is 16.2. The van der Waals surface area contributed by atoms with Crippen LogP contribution < -0.4 is 20.1 Å². The summed E-state index contributed by atoms with van der Waals surface area (Å²) in [5, 5.41) is 6.29. The largest absolute Gasteiger partial charge is 0.486 e.